The minimum absolute atomic E-state index is 0.130. The quantitative estimate of drug-likeness (QED) is 0.875. The van der Waals surface area contributed by atoms with E-state index in [0.29, 0.717) is 6.54 Å². The molecule has 0 aliphatic heterocycles. The molecule has 0 saturated heterocycles. The first-order valence-electron chi connectivity index (χ1n) is 8.38. The van der Waals surface area contributed by atoms with Crippen LogP contribution < -0.4 is 5.32 Å². The van der Waals surface area contributed by atoms with Crippen molar-refractivity contribution >= 4 is 17.2 Å². The van der Waals surface area contributed by atoms with Crippen LogP contribution in [0.25, 0.3) is 0 Å². The van der Waals surface area contributed by atoms with Gasteiger partial charge in [-0.3, -0.25) is 9.69 Å². The molecule has 0 radical (unpaired) electrons. The highest BCUT2D eigenvalue weighted by Crippen LogP contribution is 2.29. The molecule has 0 fully saturated rings. The molecular weight excluding hydrogens is 304 g/mol. The van der Waals surface area contributed by atoms with E-state index in [-0.39, 0.29) is 11.9 Å². The minimum Gasteiger partial charge on any atom is -0.348 e. The van der Waals surface area contributed by atoms with Crippen LogP contribution in [0.15, 0.2) is 41.8 Å². The predicted octanol–water partition coefficient (Wildman–Crippen LogP) is 3.76. The second-order valence-electron chi connectivity index (χ2n) is 6.09. The van der Waals surface area contributed by atoms with Crippen molar-refractivity contribution in [2.75, 3.05) is 13.1 Å². The summed E-state index contributed by atoms with van der Waals surface area (Å²) < 4.78 is 0. The lowest BCUT2D eigenvalue weighted by Gasteiger charge is -2.27. The predicted molar refractivity (Wildman–Crippen MR) is 95.5 cm³/mol. The van der Waals surface area contributed by atoms with Crippen LogP contribution in [0.3, 0.4) is 0 Å². The highest BCUT2D eigenvalue weighted by molar-refractivity contribution is 7.09. The van der Waals surface area contributed by atoms with Gasteiger partial charge >= 0.3 is 0 Å². The summed E-state index contributed by atoms with van der Waals surface area (Å²) >= 11 is 1.75. The van der Waals surface area contributed by atoms with Gasteiger partial charge in [-0.25, -0.2) is 0 Å². The smallest absolute Gasteiger partial charge is 0.234 e. The molecular formula is C19H24N2OS. The van der Waals surface area contributed by atoms with Crippen molar-refractivity contribution < 1.29 is 4.79 Å². The Hall–Kier alpha value is -1.65. The van der Waals surface area contributed by atoms with Gasteiger partial charge < -0.3 is 5.32 Å². The van der Waals surface area contributed by atoms with Gasteiger partial charge in [-0.05, 0) is 48.4 Å². The molecule has 1 aromatic carbocycles. The first kappa shape index (κ1) is 16.2. The van der Waals surface area contributed by atoms with Crippen molar-refractivity contribution in [2.24, 2.45) is 0 Å². The van der Waals surface area contributed by atoms with E-state index in [1.54, 1.807) is 11.3 Å². The van der Waals surface area contributed by atoms with Gasteiger partial charge in [0.15, 0.2) is 0 Å². The fourth-order valence-corrected chi connectivity index (χ4v) is 4.00. The normalized spacial score (nSPS) is 17.0. The molecule has 1 amide bonds. The summed E-state index contributed by atoms with van der Waals surface area (Å²) in [4.78, 5) is 16.0. The molecule has 1 aliphatic carbocycles. The van der Waals surface area contributed by atoms with E-state index >= 15 is 0 Å². The Morgan fingerprint density at radius 1 is 1.30 bits per heavy atom. The van der Waals surface area contributed by atoms with Crippen LogP contribution in [0.4, 0.5) is 0 Å². The third-order valence-corrected chi connectivity index (χ3v) is 5.34. The molecule has 0 saturated carbocycles. The van der Waals surface area contributed by atoms with Crippen molar-refractivity contribution in [1.82, 2.24) is 10.2 Å². The van der Waals surface area contributed by atoms with Crippen LogP contribution in [-0.4, -0.2) is 23.9 Å². The first-order chi connectivity index (χ1) is 11.3. The van der Waals surface area contributed by atoms with Crippen LogP contribution in [0.5, 0.6) is 0 Å². The zero-order valence-corrected chi connectivity index (χ0v) is 14.4. The molecule has 23 heavy (non-hydrogen) atoms. The van der Waals surface area contributed by atoms with Crippen LogP contribution >= 0.6 is 11.3 Å². The molecule has 0 spiro atoms. The van der Waals surface area contributed by atoms with E-state index in [4.69, 9.17) is 0 Å². The Kier molecular flexibility index (Phi) is 5.47. The number of hydrogen-bond donors (Lipinski definition) is 1. The summed E-state index contributed by atoms with van der Waals surface area (Å²) in [6.45, 7) is 4.30. The molecule has 3 rings (SSSR count). The molecule has 0 unspecified atom stereocenters. The highest BCUT2D eigenvalue weighted by Gasteiger charge is 2.22. The van der Waals surface area contributed by atoms with Crippen molar-refractivity contribution in [2.45, 2.75) is 38.8 Å². The number of carbonyl (C=O) groups excluding carboxylic acids is 1. The summed E-state index contributed by atoms with van der Waals surface area (Å²) in [6.07, 6.45) is 3.32. The van der Waals surface area contributed by atoms with Gasteiger partial charge in [-0.2, -0.15) is 0 Å². The van der Waals surface area contributed by atoms with Crippen LogP contribution in [0.2, 0.25) is 0 Å². The zero-order chi connectivity index (χ0) is 16.1. The lowest BCUT2D eigenvalue weighted by atomic mass is 9.88. The molecule has 1 atom stereocenters. The van der Waals surface area contributed by atoms with Crippen LogP contribution in [0.1, 0.15) is 41.8 Å². The number of benzene rings is 1. The summed E-state index contributed by atoms with van der Waals surface area (Å²) in [5.41, 5.74) is 2.68. The van der Waals surface area contributed by atoms with Gasteiger partial charge in [0.25, 0.3) is 0 Å². The number of aryl methyl sites for hydroxylation is 1. The SMILES string of the molecule is CCN(CC(=O)N[C@H]1CCCc2ccccc21)Cc1cccs1. The molecule has 1 N–H and O–H groups in total. The topological polar surface area (TPSA) is 32.3 Å². The Morgan fingerprint density at radius 2 is 2.17 bits per heavy atom. The van der Waals surface area contributed by atoms with E-state index in [0.717, 1.165) is 32.4 Å². The standard InChI is InChI=1S/C19H24N2OS/c1-2-21(13-16-9-6-12-23-16)14-19(22)20-18-11-5-8-15-7-3-4-10-17(15)18/h3-4,6-7,9-10,12,18H,2,5,8,11,13-14H2,1H3,(H,20,22)/t18-/m0/s1. The minimum atomic E-state index is 0.130. The first-order valence-corrected chi connectivity index (χ1v) is 9.26. The van der Waals surface area contributed by atoms with Gasteiger partial charge in [0, 0.05) is 11.4 Å². The van der Waals surface area contributed by atoms with E-state index in [9.17, 15) is 4.79 Å². The van der Waals surface area contributed by atoms with E-state index < -0.39 is 0 Å². The van der Waals surface area contributed by atoms with Crippen molar-refractivity contribution in [3.63, 3.8) is 0 Å². The maximum atomic E-state index is 12.5. The molecule has 3 nitrogen and oxygen atoms in total. The van der Waals surface area contributed by atoms with E-state index in [1.165, 1.54) is 16.0 Å². The number of carbonyl (C=O) groups is 1. The lowest BCUT2D eigenvalue weighted by molar-refractivity contribution is -0.123. The van der Waals surface area contributed by atoms with E-state index in [2.05, 4.69) is 58.9 Å². The van der Waals surface area contributed by atoms with Gasteiger partial charge in [0.2, 0.25) is 5.91 Å². The molecule has 122 valence electrons. The number of fused-ring (bicyclic) bond motifs is 1. The van der Waals surface area contributed by atoms with Gasteiger partial charge in [0.05, 0.1) is 12.6 Å². The Bertz CT molecular complexity index is 639. The van der Waals surface area contributed by atoms with Crippen molar-refractivity contribution in [3.8, 4) is 0 Å². The number of nitrogens with one attached hydrogen (secondary N) is 1. The average molecular weight is 328 g/mol. The van der Waals surface area contributed by atoms with E-state index in [1.807, 2.05) is 0 Å². The second-order valence-corrected chi connectivity index (χ2v) is 7.13. The number of thiophene rings is 1. The Morgan fingerprint density at radius 3 is 2.96 bits per heavy atom. The molecule has 0 bridgehead atoms. The maximum absolute atomic E-state index is 12.5. The molecule has 4 heteroatoms. The summed E-state index contributed by atoms with van der Waals surface area (Å²) in [5, 5.41) is 5.33. The third-order valence-electron chi connectivity index (χ3n) is 4.48. The largest absolute Gasteiger partial charge is 0.348 e. The number of hydrogen-bond acceptors (Lipinski definition) is 3. The van der Waals surface area contributed by atoms with Crippen LogP contribution in [-0.2, 0) is 17.8 Å². The van der Waals surface area contributed by atoms with Gasteiger partial charge in [0.1, 0.15) is 0 Å². The number of amides is 1. The van der Waals surface area contributed by atoms with Crippen molar-refractivity contribution in [1.29, 1.82) is 0 Å². The van der Waals surface area contributed by atoms with Crippen molar-refractivity contribution in [3.05, 3.63) is 57.8 Å². The average Bonchev–Trinajstić information content (AvgIpc) is 3.07. The van der Waals surface area contributed by atoms with Gasteiger partial charge in [-0.1, -0.05) is 37.3 Å². The number of rotatable bonds is 6. The molecule has 2 aromatic rings. The molecule has 1 aliphatic rings. The second kappa shape index (κ2) is 7.75. The van der Waals surface area contributed by atoms with Crippen LogP contribution in [0, 0.1) is 0 Å². The maximum Gasteiger partial charge on any atom is 0.234 e. The molecule has 1 aromatic heterocycles. The summed E-state index contributed by atoms with van der Waals surface area (Å²) in [6, 6.07) is 12.9. The van der Waals surface area contributed by atoms with Gasteiger partial charge in [-0.15, -0.1) is 11.3 Å². The number of nitrogens with zero attached hydrogens (tertiary/aromatic N) is 1. The fraction of sp³-hybridized carbons (Fsp3) is 0.421. The lowest BCUT2D eigenvalue weighted by Crippen LogP contribution is -2.39. The third kappa shape index (κ3) is 4.21. The Labute approximate surface area is 142 Å². The fourth-order valence-electron chi connectivity index (χ4n) is 3.25. The monoisotopic (exact) mass is 328 g/mol. The zero-order valence-electron chi connectivity index (χ0n) is 13.6. The number of likely N-dealkylation sites (N-methyl/N-ethyl adjacent to an activating group) is 1. The summed E-state index contributed by atoms with van der Waals surface area (Å²) in [5.74, 6) is 0.130. The highest BCUT2D eigenvalue weighted by atomic mass is 32.1. The molecule has 1 heterocycles. The Balaban J connectivity index is 1.59. The summed E-state index contributed by atoms with van der Waals surface area (Å²) in [7, 11) is 0.